The summed E-state index contributed by atoms with van der Waals surface area (Å²) < 4.78 is 9.81. The molecule has 7 heteroatoms. The lowest BCUT2D eigenvalue weighted by Crippen LogP contribution is -2.42. The molecule has 0 radical (unpaired) electrons. The Morgan fingerprint density at radius 1 is 1.53 bits per heavy atom. The van der Waals surface area contributed by atoms with Gasteiger partial charge in [-0.3, -0.25) is 9.59 Å². The lowest BCUT2D eigenvalue weighted by atomic mass is 10.0. The van der Waals surface area contributed by atoms with Crippen molar-refractivity contribution in [2.24, 2.45) is 5.92 Å². The molecule has 1 amide bonds. The van der Waals surface area contributed by atoms with Crippen LogP contribution in [-0.4, -0.2) is 41.4 Å². The van der Waals surface area contributed by atoms with Crippen molar-refractivity contribution in [1.29, 1.82) is 0 Å². The van der Waals surface area contributed by atoms with Crippen LogP contribution in [0.4, 0.5) is 0 Å². The molecule has 0 aliphatic carbocycles. The zero-order valence-corrected chi connectivity index (χ0v) is 9.17. The molecule has 0 aromatic carbocycles. The zero-order valence-electron chi connectivity index (χ0n) is 9.17. The van der Waals surface area contributed by atoms with Crippen LogP contribution in [-0.2, 0) is 9.53 Å². The Kier molecular flexibility index (Phi) is 3.10. The van der Waals surface area contributed by atoms with Crippen LogP contribution >= 0.6 is 0 Å². The van der Waals surface area contributed by atoms with Gasteiger partial charge in [-0.2, -0.15) is 0 Å². The van der Waals surface area contributed by atoms with Crippen molar-refractivity contribution >= 4 is 11.9 Å². The lowest BCUT2D eigenvalue weighted by Gasteiger charge is -2.14. The summed E-state index contributed by atoms with van der Waals surface area (Å²) in [6, 6.07) is 0.950. The Morgan fingerprint density at radius 3 is 2.88 bits per heavy atom. The number of aliphatic carboxylic acids is 1. The van der Waals surface area contributed by atoms with E-state index in [2.05, 4.69) is 10.5 Å². The van der Waals surface area contributed by atoms with Crippen molar-refractivity contribution in [3.63, 3.8) is 0 Å². The molecule has 92 valence electrons. The van der Waals surface area contributed by atoms with Gasteiger partial charge in [-0.1, -0.05) is 5.16 Å². The Hall–Kier alpha value is -1.89. The third-order valence-corrected chi connectivity index (χ3v) is 2.57. The number of amides is 1. The van der Waals surface area contributed by atoms with E-state index in [1.807, 2.05) is 0 Å². The van der Waals surface area contributed by atoms with E-state index in [-0.39, 0.29) is 19.0 Å². The van der Waals surface area contributed by atoms with E-state index in [0.717, 1.165) is 0 Å². The summed E-state index contributed by atoms with van der Waals surface area (Å²) in [5.74, 6) is -2.12. The Morgan fingerprint density at radius 2 is 2.29 bits per heavy atom. The van der Waals surface area contributed by atoms with Crippen molar-refractivity contribution < 1.29 is 24.0 Å². The number of ether oxygens (including phenoxy) is 1. The SMILES string of the molecule is Cc1cc(C(=O)NC2COCC2C(=O)O)on1. The van der Waals surface area contributed by atoms with E-state index >= 15 is 0 Å². The number of aryl methyl sites for hydroxylation is 1. The van der Waals surface area contributed by atoms with Crippen LogP contribution in [0.3, 0.4) is 0 Å². The maximum absolute atomic E-state index is 11.7. The third kappa shape index (κ3) is 2.44. The highest BCUT2D eigenvalue weighted by Gasteiger charge is 2.35. The fourth-order valence-electron chi connectivity index (χ4n) is 1.65. The van der Waals surface area contributed by atoms with Gasteiger partial charge in [0, 0.05) is 6.07 Å². The van der Waals surface area contributed by atoms with Gasteiger partial charge in [0.2, 0.25) is 5.76 Å². The van der Waals surface area contributed by atoms with E-state index < -0.39 is 23.8 Å². The molecule has 2 heterocycles. The molecule has 0 bridgehead atoms. The second-order valence-electron chi connectivity index (χ2n) is 3.89. The molecule has 1 aliphatic heterocycles. The van der Waals surface area contributed by atoms with Crippen molar-refractivity contribution in [1.82, 2.24) is 10.5 Å². The summed E-state index contributed by atoms with van der Waals surface area (Å²) in [5, 5.41) is 15.0. The van der Waals surface area contributed by atoms with Crippen LogP contribution < -0.4 is 5.32 Å². The van der Waals surface area contributed by atoms with Gasteiger partial charge < -0.3 is 19.7 Å². The molecule has 1 saturated heterocycles. The Labute approximate surface area is 96.7 Å². The van der Waals surface area contributed by atoms with Gasteiger partial charge in [0.05, 0.1) is 24.9 Å². The molecule has 1 fully saturated rings. The fraction of sp³-hybridized carbons (Fsp3) is 0.500. The van der Waals surface area contributed by atoms with Gasteiger partial charge in [-0.05, 0) is 6.92 Å². The number of carbonyl (C=O) groups is 2. The third-order valence-electron chi connectivity index (χ3n) is 2.57. The average molecular weight is 240 g/mol. The molecule has 1 aromatic heterocycles. The van der Waals surface area contributed by atoms with Gasteiger partial charge >= 0.3 is 5.97 Å². The van der Waals surface area contributed by atoms with Crippen molar-refractivity contribution in [2.45, 2.75) is 13.0 Å². The lowest BCUT2D eigenvalue weighted by molar-refractivity contribution is -0.142. The van der Waals surface area contributed by atoms with Gasteiger partial charge in [0.15, 0.2) is 0 Å². The van der Waals surface area contributed by atoms with E-state index in [9.17, 15) is 9.59 Å². The molecular formula is C10H12N2O5. The quantitative estimate of drug-likeness (QED) is 0.759. The first kappa shape index (κ1) is 11.6. The first-order chi connectivity index (χ1) is 8.08. The van der Waals surface area contributed by atoms with E-state index in [0.29, 0.717) is 5.69 Å². The van der Waals surface area contributed by atoms with E-state index in [1.165, 1.54) is 6.07 Å². The first-order valence-electron chi connectivity index (χ1n) is 5.12. The molecule has 2 N–H and O–H groups in total. The van der Waals surface area contributed by atoms with Crippen molar-refractivity contribution in [3.8, 4) is 0 Å². The highest BCUT2D eigenvalue weighted by molar-refractivity contribution is 5.92. The summed E-state index contributed by atoms with van der Waals surface area (Å²) in [7, 11) is 0. The topological polar surface area (TPSA) is 102 Å². The largest absolute Gasteiger partial charge is 0.481 e. The molecule has 2 atom stereocenters. The second kappa shape index (κ2) is 4.54. The van der Waals surface area contributed by atoms with Gasteiger partial charge in [0.1, 0.15) is 5.92 Å². The summed E-state index contributed by atoms with van der Waals surface area (Å²) in [6.07, 6.45) is 0. The monoisotopic (exact) mass is 240 g/mol. The fourth-order valence-corrected chi connectivity index (χ4v) is 1.65. The van der Waals surface area contributed by atoms with E-state index in [1.54, 1.807) is 6.92 Å². The van der Waals surface area contributed by atoms with Gasteiger partial charge in [-0.15, -0.1) is 0 Å². The number of aromatic nitrogens is 1. The van der Waals surface area contributed by atoms with Gasteiger partial charge in [-0.25, -0.2) is 0 Å². The molecule has 17 heavy (non-hydrogen) atoms. The van der Waals surface area contributed by atoms with Crippen molar-refractivity contribution in [3.05, 3.63) is 17.5 Å². The Bertz CT molecular complexity index is 442. The maximum atomic E-state index is 11.7. The molecule has 1 aromatic rings. The summed E-state index contributed by atoms with van der Waals surface area (Å²) in [5.41, 5.74) is 0.590. The highest BCUT2D eigenvalue weighted by Crippen LogP contribution is 2.14. The molecule has 0 saturated carbocycles. The molecule has 2 unspecified atom stereocenters. The number of nitrogens with one attached hydrogen (secondary N) is 1. The van der Waals surface area contributed by atoms with Crippen LogP contribution in [0, 0.1) is 12.8 Å². The minimum Gasteiger partial charge on any atom is -0.481 e. The predicted octanol–water partition coefficient (Wildman–Crippen LogP) is -0.188. The summed E-state index contributed by atoms with van der Waals surface area (Å²) in [6.45, 7) is 1.99. The second-order valence-corrected chi connectivity index (χ2v) is 3.89. The molecule has 1 aliphatic rings. The standard InChI is InChI=1S/C10H12N2O5/c1-5-2-8(17-12-5)9(13)11-7-4-16-3-6(7)10(14)15/h2,6-7H,3-4H2,1H3,(H,11,13)(H,14,15). The Balaban J connectivity index is 2.01. The highest BCUT2D eigenvalue weighted by atomic mass is 16.5. The molecular weight excluding hydrogens is 228 g/mol. The number of hydrogen-bond donors (Lipinski definition) is 2. The predicted molar refractivity (Wildman–Crippen MR) is 54.4 cm³/mol. The molecule has 7 nitrogen and oxygen atoms in total. The maximum Gasteiger partial charge on any atom is 0.311 e. The van der Waals surface area contributed by atoms with E-state index in [4.69, 9.17) is 14.4 Å². The van der Waals surface area contributed by atoms with Crippen molar-refractivity contribution in [2.75, 3.05) is 13.2 Å². The van der Waals surface area contributed by atoms with Crippen LogP contribution in [0.2, 0.25) is 0 Å². The van der Waals surface area contributed by atoms with Crippen LogP contribution in [0.15, 0.2) is 10.6 Å². The zero-order chi connectivity index (χ0) is 12.4. The van der Waals surface area contributed by atoms with Gasteiger partial charge in [0.25, 0.3) is 5.91 Å². The van der Waals surface area contributed by atoms with Crippen LogP contribution in [0.25, 0.3) is 0 Å². The summed E-state index contributed by atoms with van der Waals surface area (Å²) >= 11 is 0. The number of hydrogen-bond acceptors (Lipinski definition) is 5. The average Bonchev–Trinajstić information content (AvgIpc) is 2.86. The summed E-state index contributed by atoms with van der Waals surface area (Å²) in [4.78, 5) is 22.6. The van der Waals surface area contributed by atoms with Crippen LogP contribution in [0.1, 0.15) is 16.2 Å². The number of rotatable bonds is 3. The minimum atomic E-state index is -0.985. The molecule has 2 rings (SSSR count). The smallest absolute Gasteiger partial charge is 0.311 e. The minimum absolute atomic E-state index is 0.0681. The molecule has 0 spiro atoms. The number of nitrogens with zero attached hydrogens (tertiary/aromatic N) is 1. The number of carboxylic acid groups (broad SMARTS) is 1. The number of carboxylic acids is 1. The number of carbonyl (C=O) groups excluding carboxylic acids is 1. The normalized spacial score (nSPS) is 23.6. The van der Waals surface area contributed by atoms with Crippen LogP contribution in [0.5, 0.6) is 0 Å². The first-order valence-corrected chi connectivity index (χ1v) is 5.12.